The number of nitrogens with one attached hydrogen (secondary N) is 1. The number of anilines is 1. The van der Waals surface area contributed by atoms with Crippen LogP contribution in [0.15, 0.2) is 54.6 Å². The van der Waals surface area contributed by atoms with E-state index in [1.165, 1.54) is 0 Å². The Morgan fingerprint density at radius 3 is 2.33 bits per heavy atom. The molecule has 2 aromatic carbocycles. The molecule has 1 heterocycles. The smallest absolute Gasteiger partial charge is 0.256 e. The van der Waals surface area contributed by atoms with Crippen LogP contribution in [-0.2, 0) is 6.54 Å². The van der Waals surface area contributed by atoms with Crippen LogP contribution >= 0.6 is 0 Å². The minimum absolute atomic E-state index is 0.115. The first-order valence-electron chi connectivity index (χ1n) is 7.99. The Morgan fingerprint density at radius 1 is 1.00 bits per heavy atom. The Labute approximate surface area is 142 Å². The summed E-state index contributed by atoms with van der Waals surface area (Å²) in [6, 6.07) is 17.8. The van der Waals surface area contributed by atoms with E-state index in [0.717, 1.165) is 22.4 Å². The van der Waals surface area contributed by atoms with Gasteiger partial charge in [0.05, 0.1) is 12.2 Å². The normalized spacial score (nSPS) is 10.6. The van der Waals surface area contributed by atoms with Gasteiger partial charge in [-0.15, -0.1) is 0 Å². The largest absolute Gasteiger partial charge is 0.307 e. The lowest BCUT2D eigenvalue weighted by atomic mass is 10.1. The minimum Gasteiger partial charge on any atom is -0.307 e. The third-order valence-electron chi connectivity index (χ3n) is 3.80. The second-order valence-corrected chi connectivity index (χ2v) is 6.14. The Balaban J connectivity index is 1.83. The van der Waals surface area contributed by atoms with Crippen LogP contribution in [0.1, 0.15) is 32.7 Å². The van der Waals surface area contributed by atoms with Gasteiger partial charge in [-0.05, 0) is 38.5 Å². The van der Waals surface area contributed by atoms with Crippen molar-refractivity contribution in [2.75, 3.05) is 5.32 Å². The molecule has 24 heavy (non-hydrogen) atoms. The fourth-order valence-electron chi connectivity index (χ4n) is 2.82. The van der Waals surface area contributed by atoms with Crippen molar-refractivity contribution in [3.8, 4) is 0 Å². The molecule has 0 saturated carbocycles. The van der Waals surface area contributed by atoms with Gasteiger partial charge in [0.15, 0.2) is 0 Å². The number of hydrogen-bond acceptors (Lipinski definition) is 2. The van der Waals surface area contributed by atoms with E-state index in [1.54, 1.807) is 0 Å². The summed E-state index contributed by atoms with van der Waals surface area (Å²) in [6.07, 6.45) is 0. The summed E-state index contributed by atoms with van der Waals surface area (Å²) in [5.74, 6) is 0.594. The molecule has 3 aromatic rings. The highest BCUT2D eigenvalue weighted by atomic mass is 16.1. The number of benzene rings is 2. The van der Waals surface area contributed by atoms with Gasteiger partial charge in [-0.2, -0.15) is 5.10 Å². The molecule has 0 spiro atoms. The quantitative estimate of drug-likeness (QED) is 0.786. The van der Waals surface area contributed by atoms with Crippen molar-refractivity contribution in [2.24, 2.45) is 0 Å². The zero-order chi connectivity index (χ0) is 17.1. The van der Waals surface area contributed by atoms with Gasteiger partial charge < -0.3 is 5.32 Å². The van der Waals surface area contributed by atoms with E-state index in [1.807, 2.05) is 74.0 Å². The summed E-state index contributed by atoms with van der Waals surface area (Å²) in [4.78, 5) is 12.6. The fraction of sp³-hybridized carbons (Fsp3) is 0.200. The summed E-state index contributed by atoms with van der Waals surface area (Å²) in [5, 5.41) is 7.47. The number of amides is 1. The third kappa shape index (κ3) is 3.71. The molecule has 0 aliphatic rings. The highest BCUT2D eigenvalue weighted by Gasteiger charge is 2.12. The zero-order valence-electron chi connectivity index (χ0n) is 14.2. The topological polar surface area (TPSA) is 46.9 Å². The fourth-order valence-corrected chi connectivity index (χ4v) is 2.82. The zero-order valence-corrected chi connectivity index (χ0v) is 14.2. The lowest BCUT2D eigenvalue weighted by molar-refractivity contribution is 0.102. The van der Waals surface area contributed by atoms with Crippen LogP contribution in [0.2, 0.25) is 0 Å². The third-order valence-corrected chi connectivity index (χ3v) is 3.80. The number of carbonyl (C=O) groups excluding carboxylic acids is 1. The van der Waals surface area contributed by atoms with Crippen molar-refractivity contribution in [1.29, 1.82) is 0 Å². The van der Waals surface area contributed by atoms with E-state index < -0.39 is 0 Å². The molecule has 4 heteroatoms. The molecule has 1 aromatic heterocycles. The number of nitrogens with zero attached hydrogens (tertiary/aromatic N) is 2. The Kier molecular flexibility index (Phi) is 4.47. The molecule has 1 N–H and O–H groups in total. The van der Waals surface area contributed by atoms with Crippen molar-refractivity contribution in [1.82, 2.24) is 9.78 Å². The van der Waals surface area contributed by atoms with Gasteiger partial charge in [0.2, 0.25) is 0 Å². The molecule has 0 aliphatic heterocycles. The molecular formula is C20H21N3O. The van der Waals surface area contributed by atoms with Crippen molar-refractivity contribution < 1.29 is 4.79 Å². The van der Waals surface area contributed by atoms with Gasteiger partial charge in [0, 0.05) is 11.6 Å². The molecule has 0 atom stereocenters. The second-order valence-electron chi connectivity index (χ2n) is 6.14. The highest BCUT2D eigenvalue weighted by Crippen LogP contribution is 2.16. The van der Waals surface area contributed by atoms with Crippen LogP contribution in [-0.4, -0.2) is 15.7 Å². The molecule has 0 fully saturated rings. The monoisotopic (exact) mass is 319 g/mol. The maximum atomic E-state index is 12.6. The predicted octanol–water partition coefficient (Wildman–Crippen LogP) is 4.11. The standard InChI is InChI=1S/C20H21N3O/c1-14-9-15(2)11-18(10-14)20(24)21-19-12-16(3)22-23(19)13-17-7-5-4-6-8-17/h4-12H,13H2,1-3H3,(H,21,24). The van der Waals surface area contributed by atoms with Gasteiger partial charge in [-0.3, -0.25) is 4.79 Å². The number of aryl methyl sites for hydroxylation is 3. The molecule has 0 aliphatic carbocycles. The van der Waals surface area contributed by atoms with Crippen LogP contribution in [0.5, 0.6) is 0 Å². The van der Waals surface area contributed by atoms with E-state index in [4.69, 9.17) is 0 Å². The lowest BCUT2D eigenvalue weighted by Gasteiger charge is -2.10. The summed E-state index contributed by atoms with van der Waals surface area (Å²) in [5.41, 5.74) is 4.84. The van der Waals surface area contributed by atoms with E-state index in [-0.39, 0.29) is 5.91 Å². The summed E-state index contributed by atoms with van der Waals surface area (Å²) in [6.45, 7) is 6.53. The SMILES string of the molecule is Cc1cc(C)cc(C(=O)Nc2cc(C)nn2Cc2ccccc2)c1. The van der Waals surface area contributed by atoms with Gasteiger partial charge in [0.1, 0.15) is 5.82 Å². The average molecular weight is 319 g/mol. The predicted molar refractivity (Wildman–Crippen MR) is 96.4 cm³/mol. The van der Waals surface area contributed by atoms with Gasteiger partial charge in [-0.25, -0.2) is 4.68 Å². The molecule has 0 radical (unpaired) electrons. The van der Waals surface area contributed by atoms with Gasteiger partial charge >= 0.3 is 0 Å². The van der Waals surface area contributed by atoms with Crippen LogP contribution in [0.4, 0.5) is 5.82 Å². The molecule has 4 nitrogen and oxygen atoms in total. The summed E-state index contributed by atoms with van der Waals surface area (Å²) in [7, 11) is 0. The molecule has 0 saturated heterocycles. The minimum atomic E-state index is -0.115. The van der Waals surface area contributed by atoms with Gasteiger partial charge in [0.25, 0.3) is 5.91 Å². The van der Waals surface area contributed by atoms with Crippen LogP contribution < -0.4 is 5.32 Å². The number of aromatic nitrogens is 2. The van der Waals surface area contributed by atoms with Gasteiger partial charge in [-0.1, -0.05) is 47.5 Å². The van der Waals surface area contributed by atoms with Crippen molar-refractivity contribution >= 4 is 11.7 Å². The highest BCUT2D eigenvalue weighted by molar-refractivity contribution is 6.04. The number of hydrogen-bond donors (Lipinski definition) is 1. The molecule has 0 bridgehead atoms. The molecule has 122 valence electrons. The van der Waals surface area contributed by atoms with E-state index >= 15 is 0 Å². The maximum Gasteiger partial charge on any atom is 0.256 e. The lowest BCUT2D eigenvalue weighted by Crippen LogP contribution is -2.16. The van der Waals surface area contributed by atoms with E-state index in [2.05, 4.69) is 16.5 Å². The maximum absolute atomic E-state index is 12.6. The number of carbonyl (C=O) groups is 1. The van der Waals surface area contributed by atoms with Crippen LogP contribution in [0, 0.1) is 20.8 Å². The molecule has 0 unspecified atom stereocenters. The first-order chi connectivity index (χ1) is 11.5. The molecular weight excluding hydrogens is 298 g/mol. The molecule has 1 amide bonds. The Hall–Kier alpha value is -2.88. The number of rotatable bonds is 4. The summed E-state index contributed by atoms with van der Waals surface area (Å²) < 4.78 is 1.82. The Morgan fingerprint density at radius 2 is 1.67 bits per heavy atom. The van der Waals surface area contributed by atoms with Crippen molar-refractivity contribution in [3.05, 3.63) is 82.5 Å². The van der Waals surface area contributed by atoms with E-state index in [9.17, 15) is 4.79 Å². The average Bonchev–Trinajstić information content (AvgIpc) is 2.86. The molecule has 3 rings (SSSR count). The van der Waals surface area contributed by atoms with Crippen LogP contribution in [0.25, 0.3) is 0 Å². The second kappa shape index (κ2) is 6.71. The van der Waals surface area contributed by atoms with Crippen LogP contribution in [0.3, 0.4) is 0 Å². The first-order valence-corrected chi connectivity index (χ1v) is 7.99. The summed E-state index contributed by atoms with van der Waals surface area (Å²) >= 11 is 0. The van der Waals surface area contributed by atoms with Crippen molar-refractivity contribution in [2.45, 2.75) is 27.3 Å². The van der Waals surface area contributed by atoms with Crippen molar-refractivity contribution in [3.63, 3.8) is 0 Å². The first kappa shape index (κ1) is 16.0. The Bertz CT molecular complexity index is 846. The van der Waals surface area contributed by atoms with E-state index in [0.29, 0.717) is 17.9 Å².